The Morgan fingerprint density at radius 1 is 0.684 bits per heavy atom. The highest BCUT2D eigenvalue weighted by Crippen LogP contribution is 2.74. The van der Waals surface area contributed by atoms with Crippen LogP contribution in [0.2, 0.25) is 0 Å². The van der Waals surface area contributed by atoms with Gasteiger partial charge in [0.05, 0.1) is 0 Å². The van der Waals surface area contributed by atoms with Crippen LogP contribution in [0.15, 0.2) is 11.4 Å². The summed E-state index contributed by atoms with van der Waals surface area (Å²) >= 11 is 0. The number of alkyl halides is 11. The Morgan fingerprint density at radius 2 is 1.00 bits per heavy atom. The second-order valence-corrected chi connectivity index (χ2v) is 3.51. The molecule has 0 nitrogen and oxygen atoms in total. The summed E-state index contributed by atoms with van der Waals surface area (Å²) in [6.07, 6.45) is -20.7. The fraction of sp³-hybridized carbons (Fsp3) is 0.714. The van der Waals surface area contributed by atoms with E-state index in [1.165, 1.54) is 0 Å². The summed E-state index contributed by atoms with van der Waals surface area (Å²) in [6.45, 7) is 0. The maximum atomic E-state index is 12.7. The Morgan fingerprint density at radius 3 is 1.16 bits per heavy atom. The number of rotatable bonds is 0. The minimum atomic E-state index is -7.07. The Hall–Kier alpha value is -1.10. The second kappa shape index (κ2) is 3.51. The van der Waals surface area contributed by atoms with Crippen LogP contribution < -0.4 is 0 Å². The van der Waals surface area contributed by atoms with E-state index in [0.717, 1.165) is 0 Å². The van der Waals surface area contributed by atoms with Crippen molar-refractivity contribution < 1.29 is 52.7 Å². The fourth-order valence-electron chi connectivity index (χ4n) is 1.72. The third kappa shape index (κ3) is 1.64. The highest BCUT2D eigenvalue weighted by Gasteiger charge is 2.94. The molecule has 0 bridgehead atoms. The molecule has 0 N–H and O–H groups in total. The summed E-state index contributed by atoms with van der Waals surface area (Å²) in [5, 5.41) is 0. The van der Waals surface area contributed by atoms with E-state index in [1.54, 1.807) is 0 Å². The van der Waals surface area contributed by atoms with Gasteiger partial charge in [0.1, 0.15) is 5.57 Å². The van der Waals surface area contributed by atoms with Crippen molar-refractivity contribution in [2.75, 3.05) is 0 Å². The maximum absolute atomic E-state index is 12.7. The highest BCUT2D eigenvalue weighted by atomic mass is 19.4. The fourth-order valence-corrected chi connectivity index (χ4v) is 1.72. The van der Waals surface area contributed by atoms with Gasteiger partial charge >= 0.3 is 24.5 Å². The molecule has 0 aromatic carbocycles. The Balaban J connectivity index is 3.77. The standard InChI is InChI=1S/C7F12/c8-2-1(5(11,12)13)3(4(2,9)10,6(14,15)16)7(17,18)19. The average molecular weight is 312 g/mol. The first-order valence-electron chi connectivity index (χ1n) is 4.02. The summed E-state index contributed by atoms with van der Waals surface area (Å²) in [7, 11) is 0. The third-order valence-electron chi connectivity index (χ3n) is 2.48. The zero-order valence-corrected chi connectivity index (χ0v) is 8.04. The van der Waals surface area contributed by atoms with Gasteiger partial charge in [-0.2, -0.15) is 48.3 Å². The van der Waals surface area contributed by atoms with Gasteiger partial charge in [-0.25, -0.2) is 4.39 Å². The first-order chi connectivity index (χ1) is 8.03. The zero-order valence-electron chi connectivity index (χ0n) is 8.04. The molecule has 1 aliphatic carbocycles. The van der Waals surface area contributed by atoms with Gasteiger partial charge in [0.2, 0.25) is 0 Å². The van der Waals surface area contributed by atoms with Gasteiger partial charge in [0.15, 0.2) is 5.83 Å². The van der Waals surface area contributed by atoms with Gasteiger partial charge < -0.3 is 0 Å². The molecule has 12 heteroatoms. The van der Waals surface area contributed by atoms with Gasteiger partial charge in [-0.1, -0.05) is 0 Å². The molecule has 0 saturated heterocycles. The molecule has 0 unspecified atom stereocenters. The van der Waals surface area contributed by atoms with Gasteiger partial charge in [-0.05, 0) is 0 Å². The van der Waals surface area contributed by atoms with E-state index in [-0.39, 0.29) is 0 Å². The average Bonchev–Trinajstić information content (AvgIpc) is 2.05. The molecule has 0 amide bonds. The topological polar surface area (TPSA) is 0 Å². The van der Waals surface area contributed by atoms with Gasteiger partial charge in [-0.15, -0.1) is 0 Å². The van der Waals surface area contributed by atoms with Crippen molar-refractivity contribution >= 4 is 0 Å². The SMILES string of the molecule is FC1=C(C(F)(F)F)C(C(F)(F)F)(C(F)(F)F)C1(F)F. The molecule has 0 aromatic heterocycles. The number of halogens is 12. The summed E-state index contributed by atoms with van der Waals surface area (Å²) in [4.78, 5) is 0. The van der Waals surface area contributed by atoms with E-state index in [0.29, 0.717) is 0 Å². The van der Waals surface area contributed by atoms with Crippen LogP contribution >= 0.6 is 0 Å². The molecule has 0 heterocycles. The molecule has 0 aliphatic heterocycles. The Bertz CT molecular complexity index is 401. The normalized spacial score (nSPS) is 23.4. The summed E-state index contributed by atoms with van der Waals surface area (Å²) in [5.41, 5.74) is -10.6. The van der Waals surface area contributed by atoms with E-state index in [4.69, 9.17) is 0 Å². The van der Waals surface area contributed by atoms with E-state index in [2.05, 4.69) is 0 Å². The molecular weight excluding hydrogens is 312 g/mol. The predicted molar refractivity (Wildman–Crippen MR) is 33.7 cm³/mol. The first-order valence-corrected chi connectivity index (χ1v) is 4.02. The van der Waals surface area contributed by atoms with Crippen LogP contribution in [0.5, 0.6) is 0 Å². The summed E-state index contributed by atoms with van der Waals surface area (Å²) in [5.74, 6) is -10.1. The Labute approximate surface area is 95.2 Å². The molecule has 0 spiro atoms. The number of hydrogen-bond donors (Lipinski definition) is 0. The van der Waals surface area contributed by atoms with E-state index in [1.807, 2.05) is 0 Å². The summed E-state index contributed by atoms with van der Waals surface area (Å²) in [6, 6.07) is 0. The third-order valence-corrected chi connectivity index (χ3v) is 2.48. The van der Waals surface area contributed by atoms with Gasteiger partial charge in [0, 0.05) is 0 Å². The minimum absolute atomic E-state index is 3.78. The Kier molecular flexibility index (Phi) is 2.95. The van der Waals surface area contributed by atoms with Crippen molar-refractivity contribution in [1.82, 2.24) is 0 Å². The zero-order chi connectivity index (χ0) is 15.7. The number of hydrogen-bond acceptors (Lipinski definition) is 0. The summed E-state index contributed by atoms with van der Waals surface area (Å²) < 4.78 is 147. The van der Waals surface area contributed by atoms with Crippen LogP contribution in [0, 0.1) is 5.41 Å². The quantitative estimate of drug-likeness (QED) is 0.576. The van der Waals surface area contributed by atoms with E-state index < -0.39 is 41.3 Å². The van der Waals surface area contributed by atoms with Crippen LogP contribution in [-0.4, -0.2) is 24.5 Å². The van der Waals surface area contributed by atoms with E-state index in [9.17, 15) is 52.7 Å². The molecule has 112 valence electrons. The molecule has 1 rings (SSSR count). The highest BCUT2D eigenvalue weighted by molar-refractivity contribution is 5.47. The number of allylic oxidation sites excluding steroid dienone is 2. The van der Waals surface area contributed by atoms with E-state index >= 15 is 0 Å². The van der Waals surface area contributed by atoms with Gasteiger partial charge in [0.25, 0.3) is 5.41 Å². The van der Waals surface area contributed by atoms with Crippen molar-refractivity contribution in [3.05, 3.63) is 11.4 Å². The molecule has 0 atom stereocenters. The van der Waals surface area contributed by atoms with Crippen molar-refractivity contribution in [1.29, 1.82) is 0 Å². The van der Waals surface area contributed by atoms with Crippen LogP contribution in [0.3, 0.4) is 0 Å². The van der Waals surface area contributed by atoms with Crippen LogP contribution in [0.25, 0.3) is 0 Å². The second-order valence-electron chi connectivity index (χ2n) is 3.51. The van der Waals surface area contributed by atoms with Crippen LogP contribution in [0.4, 0.5) is 52.7 Å². The predicted octanol–water partition coefficient (Wildman–Crippen LogP) is 4.53. The van der Waals surface area contributed by atoms with Crippen molar-refractivity contribution in [2.45, 2.75) is 24.5 Å². The molecular formula is C7F12. The lowest BCUT2D eigenvalue weighted by molar-refractivity contribution is -0.405. The molecule has 0 aromatic rings. The first kappa shape index (κ1) is 16.0. The van der Waals surface area contributed by atoms with Crippen molar-refractivity contribution in [3.63, 3.8) is 0 Å². The molecule has 0 radical (unpaired) electrons. The molecule has 19 heavy (non-hydrogen) atoms. The van der Waals surface area contributed by atoms with Crippen LogP contribution in [-0.2, 0) is 0 Å². The maximum Gasteiger partial charge on any atom is 0.416 e. The lowest BCUT2D eigenvalue weighted by atomic mass is 9.62. The van der Waals surface area contributed by atoms with Gasteiger partial charge in [-0.3, -0.25) is 0 Å². The molecule has 1 aliphatic rings. The minimum Gasteiger partial charge on any atom is -0.205 e. The largest absolute Gasteiger partial charge is 0.416 e. The van der Waals surface area contributed by atoms with Crippen molar-refractivity contribution in [2.24, 2.45) is 5.41 Å². The lowest BCUT2D eigenvalue weighted by Crippen LogP contribution is -2.70. The smallest absolute Gasteiger partial charge is 0.205 e. The molecule has 0 fully saturated rings. The monoisotopic (exact) mass is 312 g/mol. The van der Waals surface area contributed by atoms with Crippen molar-refractivity contribution in [3.8, 4) is 0 Å². The lowest BCUT2D eigenvalue weighted by Gasteiger charge is -2.50. The molecule has 0 saturated carbocycles. The van der Waals surface area contributed by atoms with Crippen LogP contribution in [0.1, 0.15) is 0 Å².